The molecule has 1 rings (SSSR count). The molecule has 1 saturated heterocycles. The Kier molecular flexibility index (Phi) is 2.50. The van der Waals surface area contributed by atoms with E-state index >= 15 is 0 Å². The van der Waals surface area contributed by atoms with Gasteiger partial charge >= 0.3 is 0 Å². The van der Waals surface area contributed by atoms with Crippen LogP contribution >= 0.6 is 0 Å². The van der Waals surface area contributed by atoms with E-state index < -0.39 is 10.0 Å². The van der Waals surface area contributed by atoms with Crippen LogP contribution in [0, 0.1) is 5.92 Å². The fourth-order valence-electron chi connectivity index (χ4n) is 1.86. The predicted octanol–water partition coefficient (Wildman–Crippen LogP) is 1.11. The normalized spacial score (nSPS) is 33.1. The number of hydrogen-bond donors (Lipinski definition) is 1. The molecule has 0 aromatic carbocycles. The Morgan fingerprint density at radius 1 is 1.50 bits per heavy atom. The Balaban J connectivity index is 2.80. The molecule has 1 unspecified atom stereocenters. The molecule has 1 fully saturated rings. The lowest BCUT2D eigenvalue weighted by molar-refractivity contribution is 0.321. The molecule has 72 valence electrons. The van der Waals surface area contributed by atoms with Crippen molar-refractivity contribution < 1.29 is 8.42 Å². The van der Waals surface area contributed by atoms with Gasteiger partial charge in [-0.1, -0.05) is 13.3 Å². The van der Waals surface area contributed by atoms with Crippen molar-refractivity contribution in [2.45, 2.75) is 39.2 Å². The van der Waals surface area contributed by atoms with Gasteiger partial charge in [0.25, 0.3) is 0 Å². The van der Waals surface area contributed by atoms with Gasteiger partial charge in [0.15, 0.2) is 0 Å². The van der Waals surface area contributed by atoms with Crippen LogP contribution in [0.1, 0.15) is 33.6 Å². The zero-order chi connectivity index (χ0) is 9.41. The highest BCUT2D eigenvalue weighted by Crippen LogP contribution is 2.26. The van der Waals surface area contributed by atoms with Crippen LogP contribution in [0.25, 0.3) is 0 Å². The summed E-state index contributed by atoms with van der Waals surface area (Å²) in [5.41, 5.74) is -0.252. The molecule has 1 atom stereocenters. The van der Waals surface area contributed by atoms with Crippen LogP contribution in [0.2, 0.25) is 0 Å². The van der Waals surface area contributed by atoms with Crippen molar-refractivity contribution in [3.05, 3.63) is 0 Å². The molecule has 0 bridgehead atoms. The van der Waals surface area contributed by atoms with Gasteiger partial charge < -0.3 is 0 Å². The molecule has 3 nitrogen and oxygen atoms in total. The maximum atomic E-state index is 11.3. The molecular weight excluding hydrogens is 174 g/mol. The average molecular weight is 191 g/mol. The molecule has 12 heavy (non-hydrogen) atoms. The number of rotatable bonds is 1. The summed E-state index contributed by atoms with van der Waals surface area (Å²) < 4.78 is 25.3. The van der Waals surface area contributed by atoms with Crippen molar-refractivity contribution in [3.63, 3.8) is 0 Å². The van der Waals surface area contributed by atoms with Crippen LogP contribution in [0.4, 0.5) is 0 Å². The third-order valence-corrected chi connectivity index (χ3v) is 4.04. The highest BCUT2D eigenvalue weighted by Gasteiger charge is 2.34. The van der Waals surface area contributed by atoms with Gasteiger partial charge in [-0.3, -0.25) is 0 Å². The molecular formula is C8H17NO2S. The molecule has 0 amide bonds. The largest absolute Gasteiger partial charge is 0.212 e. The molecule has 0 spiro atoms. The number of sulfonamides is 1. The van der Waals surface area contributed by atoms with E-state index in [0.717, 1.165) is 12.8 Å². The second-order valence-electron chi connectivity index (χ2n) is 4.25. The van der Waals surface area contributed by atoms with Gasteiger partial charge in [0, 0.05) is 5.54 Å². The maximum Gasteiger partial charge on any atom is 0.212 e. The van der Waals surface area contributed by atoms with Gasteiger partial charge in [-0.25, -0.2) is 13.1 Å². The molecule has 0 aromatic rings. The molecule has 0 aliphatic carbocycles. The van der Waals surface area contributed by atoms with E-state index in [0.29, 0.717) is 11.7 Å². The predicted molar refractivity (Wildman–Crippen MR) is 49.4 cm³/mol. The van der Waals surface area contributed by atoms with E-state index in [1.54, 1.807) is 0 Å². The van der Waals surface area contributed by atoms with Crippen LogP contribution in [0.15, 0.2) is 0 Å². The second kappa shape index (κ2) is 3.00. The first-order valence-electron chi connectivity index (χ1n) is 4.36. The van der Waals surface area contributed by atoms with E-state index in [1.165, 1.54) is 0 Å². The summed E-state index contributed by atoms with van der Waals surface area (Å²) in [5.74, 6) is 0.624. The first-order chi connectivity index (χ1) is 5.35. The van der Waals surface area contributed by atoms with Crippen molar-refractivity contribution in [1.82, 2.24) is 4.72 Å². The molecule has 1 aliphatic rings. The summed E-state index contributed by atoms with van der Waals surface area (Å²) in [6.07, 6.45) is 1.90. The van der Waals surface area contributed by atoms with Crippen LogP contribution in [0.3, 0.4) is 0 Å². The van der Waals surface area contributed by atoms with Gasteiger partial charge in [-0.15, -0.1) is 0 Å². The third-order valence-electron chi connectivity index (χ3n) is 2.26. The lowest BCUT2D eigenvalue weighted by Gasteiger charge is -2.35. The molecule has 1 aliphatic heterocycles. The Hall–Kier alpha value is -0.0900. The van der Waals surface area contributed by atoms with Crippen molar-refractivity contribution in [2.75, 3.05) is 5.75 Å². The van der Waals surface area contributed by atoms with E-state index in [1.807, 2.05) is 20.8 Å². The van der Waals surface area contributed by atoms with E-state index in [4.69, 9.17) is 0 Å². The highest BCUT2D eigenvalue weighted by molar-refractivity contribution is 7.89. The molecule has 4 heteroatoms. The Morgan fingerprint density at radius 2 is 2.08 bits per heavy atom. The molecule has 1 heterocycles. The summed E-state index contributed by atoms with van der Waals surface area (Å²) in [7, 11) is -3.00. The Morgan fingerprint density at radius 3 is 2.50 bits per heavy atom. The van der Waals surface area contributed by atoms with Gasteiger partial charge in [0.2, 0.25) is 10.0 Å². The fourth-order valence-corrected chi connectivity index (χ4v) is 3.84. The summed E-state index contributed by atoms with van der Waals surface area (Å²) in [5, 5.41) is 0. The minimum atomic E-state index is -3.00. The van der Waals surface area contributed by atoms with E-state index in [-0.39, 0.29) is 5.54 Å². The zero-order valence-corrected chi connectivity index (χ0v) is 8.74. The van der Waals surface area contributed by atoms with E-state index in [2.05, 4.69) is 4.72 Å². The minimum absolute atomic E-state index is 0.252. The Bertz CT molecular complexity index is 256. The minimum Gasteiger partial charge on any atom is -0.212 e. The van der Waals surface area contributed by atoms with Gasteiger partial charge in [-0.2, -0.15) is 0 Å². The maximum absolute atomic E-state index is 11.3. The molecule has 1 N–H and O–H groups in total. The molecule has 0 aromatic heterocycles. The number of nitrogens with one attached hydrogen (secondary N) is 1. The standard InChI is InChI=1S/C8H17NO2S/c1-4-7-5-8(2,3)9-12(10,11)6-7/h7,9H,4-6H2,1-3H3. The quantitative estimate of drug-likeness (QED) is 0.675. The summed E-state index contributed by atoms with van der Waals surface area (Å²) in [4.78, 5) is 0. The number of hydrogen-bond acceptors (Lipinski definition) is 2. The van der Waals surface area contributed by atoms with Crippen molar-refractivity contribution >= 4 is 10.0 Å². The first-order valence-corrected chi connectivity index (χ1v) is 6.01. The third kappa shape index (κ3) is 2.45. The van der Waals surface area contributed by atoms with Crippen LogP contribution < -0.4 is 4.72 Å². The van der Waals surface area contributed by atoms with Gasteiger partial charge in [-0.05, 0) is 26.2 Å². The van der Waals surface area contributed by atoms with Crippen LogP contribution in [-0.2, 0) is 10.0 Å². The van der Waals surface area contributed by atoms with Crippen LogP contribution in [0.5, 0.6) is 0 Å². The summed E-state index contributed by atoms with van der Waals surface area (Å²) in [6, 6.07) is 0. The topological polar surface area (TPSA) is 46.2 Å². The summed E-state index contributed by atoms with van der Waals surface area (Å²) >= 11 is 0. The average Bonchev–Trinajstić information content (AvgIpc) is 1.80. The first kappa shape index (κ1) is 9.99. The Labute approximate surface area is 74.6 Å². The zero-order valence-electron chi connectivity index (χ0n) is 7.92. The van der Waals surface area contributed by atoms with Crippen LogP contribution in [-0.4, -0.2) is 19.7 Å². The summed E-state index contributed by atoms with van der Waals surface area (Å²) in [6.45, 7) is 5.92. The highest BCUT2D eigenvalue weighted by atomic mass is 32.2. The smallest absolute Gasteiger partial charge is 0.212 e. The van der Waals surface area contributed by atoms with Crippen molar-refractivity contribution in [2.24, 2.45) is 5.92 Å². The fraction of sp³-hybridized carbons (Fsp3) is 1.00. The monoisotopic (exact) mass is 191 g/mol. The molecule has 0 radical (unpaired) electrons. The van der Waals surface area contributed by atoms with Crippen molar-refractivity contribution in [3.8, 4) is 0 Å². The van der Waals surface area contributed by atoms with Gasteiger partial charge in [0.05, 0.1) is 5.75 Å². The lowest BCUT2D eigenvalue weighted by atomic mass is 9.91. The SMILES string of the molecule is CCC1CC(C)(C)NS(=O)(=O)C1. The van der Waals surface area contributed by atoms with Crippen molar-refractivity contribution in [1.29, 1.82) is 0 Å². The lowest BCUT2D eigenvalue weighted by Crippen LogP contribution is -2.51. The second-order valence-corrected chi connectivity index (χ2v) is 6.01. The van der Waals surface area contributed by atoms with Gasteiger partial charge in [0.1, 0.15) is 0 Å². The van der Waals surface area contributed by atoms with E-state index in [9.17, 15) is 8.42 Å². The molecule has 0 saturated carbocycles.